The first kappa shape index (κ1) is 11.4. The van der Waals surface area contributed by atoms with E-state index in [1.165, 1.54) is 10.4 Å². The molecule has 0 N–H and O–H groups in total. The fourth-order valence-electron chi connectivity index (χ4n) is 1.47. The number of rotatable bonds is 3. The highest BCUT2D eigenvalue weighted by Crippen LogP contribution is 2.20. The molecule has 0 saturated heterocycles. The van der Waals surface area contributed by atoms with Crippen LogP contribution in [0.3, 0.4) is 0 Å². The van der Waals surface area contributed by atoms with Crippen LogP contribution in [0.4, 0.5) is 0 Å². The Morgan fingerprint density at radius 3 is 3.12 bits per heavy atom. The number of allylic oxidation sites excluding steroid dienone is 1. The summed E-state index contributed by atoms with van der Waals surface area (Å²) in [6.45, 7) is 2.53. The molecule has 2 rings (SSSR count). The minimum Gasteiger partial charge on any atom is -0.295 e. The van der Waals surface area contributed by atoms with Crippen LogP contribution in [-0.2, 0) is 13.0 Å². The van der Waals surface area contributed by atoms with Crippen LogP contribution < -0.4 is 5.56 Å². The van der Waals surface area contributed by atoms with Crippen LogP contribution in [0.15, 0.2) is 28.8 Å². The Hall–Kier alpha value is -1.13. The molecular formula is C11H11ClN2OS. The minimum absolute atomic E-state index is 0.00397. The molecule has 0 bridgehead atoms. The first-order valence-corrected chi connectivity index (χ1v) is 6.24. The summed E-state index contributed by atoms with van der Waals surface area (Å²) in [6.07, 6.45) is 4.21. The quantitative estimate of drug-likeness (QED) is 0.844. The van der Waals surface area contributed by atoms with Crippen molar-refractivity contribution in [2.45, 2.75) is 19.9 Å². The van der Waals surface area contributed by atoms with Crippen LogP contribution in [0.25, 0.3) is 10.2 Å². The van der Waals surface area contributed by atoms with Crippen molar-refractivity contribution in [1.29, 1.82) is 0 Å². The summed E-state index contributed by atoms with van der Waals surface area (Å²) in [5.74, 6) is 0. The largest absolute Gasteiger partial charge is 0.295 e. The molecule has 0 radical (unpaired) electrons. The van der Waals surface area contributed by atoms with Crippen molar-refractivity contribution in [1.82, 2.24) is 9.55 Å². The van der Waals surface area contributed by atoms with Crippen LogP contribution in [-0.4, -0.2) is 9.55 Å². The fraction of sp³-hybridized carbons (Fsp3) is 0.273. The zero-order valence-electron chi connectivity index (χ0n) is 8.81. The van der Waals surface area contributed by atoms with E-state index in [2.05, 4.69) is 11.9 Å². The summed E-state index contributed by atoms with van der Waals surface area (Å²) < 4.78 is 1.55. The Morgan fingerprint density at radius 2 is 2.44 bits per heavy atom. The van der Waals surface area contributed by atoms with Crippen molar-refractivity contribution in [3.8, 4) is 0 Å². The molecule has 2 aromatic rings. The number of nitrogens with zero attached hydrogens (tertiary/aromatic N) is 2. The van der Waals surface area contributed by atoms with E-state index in [0.29, 0.717) is 11.9 Å². The predicted octanol–water partition coefficient (Wildman–Crippen LogP) is 2.77. The summed E-state index contributed by atoms with van der Waals surface area (Å²) in [5.41, 5.74) is 1.40. The van der Waals surface area contributed by atoms with Crippen molar-refractivity contribution in [2.75, 3.05) is 0 Å². The van der Waals surface area contributed by atoms with E-state index in [4.69, 9.17) is 11.6 Å². The van der Waals surface area contributed by atoms with Gasteiger partial charge in [0.15, 0.2) is 0 Å². The maximum Gasteiger partial charge on any atom is 0.262 e. The van der Waals surface area contributed by atoms with Gasteiger partial charge in [0.25, 0.3) is 5.56 Å². The van der Waals surface area contributed by atoms with E-state index in [1.54, 1.807) is 28.3 Å². The Kier molecular flexibility index (Phi) is 3.41. The summed E-state index contributed by atoms with van der Waals surface area (Å²) in [5, 5.41) is 0.701. The number of hydrogen-bond donors (Lipinski definition) is 0. The zero-order valence-corrected chi connectivity index (χ0v) is 10.4. The number of aryl methyl sites for hydroxylation is 1. The SMILES string of the molecule is CCc1cc2c(=O)n(C/C=C/Cl)cnc2s1. The van der Waals surface area contributed by atoms with Gasteiger partial charge in [-0.3, -0.25) is 9.36 Å². The smallest absolute Gasteiger partial charge is 0.262 e. The lowest BCUT2D eigenvalue weighted by Crippen LogP contribution is -2.18. The van der Waals surface area contributed by atoms with Gasteiger partial charge in [0.05, 0.1) is 11.7 Å². The second kappa shape index (κ2) is 4.80. The van der Waals surface area contributed by atoms with Crippen LogP contribution in [0.5, 0.6) is 0 Å². The van der Waals surface area contributed by atoms with Gasteiger partial charge in [-0.15, -0.1) is 11.3 Å². The Balaban J connectivity index is 2.55. The van der Waals surface area contributed by atoms with E-state index >= 15 is 0 Å². The van der Waals surface area contributed by atoms with Gasteiger partial charge in [-0.25, -0.2) is 4.98 Å². The molecule has 0 spiro atoms. The summed E-state index contributed by atoms with van der Waals surface area (Å²) in [7, 11) is 0. The number of thiophene rings is 1. The number of hydrogen-bond acceptors (Lipinski definition) is 3. The van der Waals surface area contributed by atoms with Gasteiger partial charge in [0, 0.05) is 17.0 Å². The molecule has 0 atom stereocenters. The standard InChI is InChI=1S/C11H11ClN2OS/c1-2-8-6-9-10(16-8)13-7-14(11(9)15)5-3-4-12/h3-4,6-7H,2,5H2,1H3/b4-3+. The Bertz CT molecular complexity index is 585. The maximum absolute atomic E-state index is 12.0. The number of halogens is 1. The zero-order chi connectivity index (χ0) is 11.5. The van der Waals surface area contributed by atoms with E-state index < -0.39 is 0 Å². The van der Waals surface area contributed by atoms with Gasteiger partial charge in [0.1, 0.15) is 4.83 Å². The van der Waals surface area contributed by atoms with Crippen molar-refractivity contribution < 1.29 is 0 Å². The third-order valence-electron chi connectivity index (χ3n) is 2.31. The van der Waals surface area contributed by atoms with E-state index in [1.807, 2.05) is 6.07 Å². The normalized spacial score (nSPS) is 11.6. The lowest BCUT2D eigenvalue weighted by molar-refractivity contribution is 0.768. The first-order chi connectivity index (χ1) is 7.76. The van der Waals surface area contributed by atoms with Crippen molar-refractivity contribution in [3.05, 3.63) is 39.2 Å². The summed E-state index contributed by atoms with van der Waals surface area (Å²) >= 11 is 7.01. The molecule has 0 aromatic carbocycles. The molecule has 2 heterocycles. The second-order valence-electron chi connectivity index (χ2n) is 3.35. The first-order valence-electron chi connectivity index (χ1n) is 4.99. The third kappa shape index (κ3) is 2.03. The molecule has 0 aliphatic carbocycles. The molecular weight excluding hydrogens is 244 g/mol. The lowest BCUT2D eigenvalue weighted by Gasteiger charge is -1.99. The molecule has 5 heteroatoms. The molecule has 0 saturated carbocycles. The average Bonchev–Trinajstić information content (AvgIpc) is 2.72. The average molecular weight is 255 g/mol. The number of fused-ring (bicyclic) bond motifs is 1. The molecule has 0 unspecified atom stereocenters. The van der Waals surface area contributed by atoms with Gasteiger partial charge in [-0.2, -0.15) is 0 Å². The highest BCUT2D eigenvalue weighted by atomic mass is 35.5. The molecule has 16 heavy (non-hydrogen) atoms. The third-order valence-corrected chi connectivity index (χ3v) is 3.67. The molecule has 84 valence electrons. The Morgan fingerprint density at radius 1 is 1.62 bits per heavy atom. The van der Waals surface area contributed by atoms with Gasteiger partial charge >= 0.3 is 0 Å². The number of aromatic nitrogens is 2. The molecule has 0 aliphatic heterocycles. The molecule has 2 aromatic heterocycles. The molecule has 0 fully saturated rings. The van der Waals surface area contributed by atoms with E-state index in [0.717, 1.165) is 11.3 Å². The van der Waals surface area contributed by atoms with Crippen LogP contribution >= 0.6 is 22.9 Å². The maximum atomic E-state index is 12.0. The predicted molar refractivity (Wildman–Crippen MR) is 68.3 cm³/mol. The van der Waals surface area contributed by atoms with Gasteiger partial charge in [-0.1, -0.05) is 24.6 Å². The van der Waals surface area contributed by atoms with E-state index in [-0.39, 0.29) is 5.56 Å². The van der Waals surface area contributed by atoms with Crippen molar-refractivity contribution in [2.24, 2.45) is 0 Å². The minimum atomic E-state index is -0.00397. The van der Waals surface area contributed by atoms with Crippen LogP contribution in [0.2, 0.25) is 0 Å². The van der Waals surface area contributed by atoms with Crippen LogP contribution in [0.1, 0.15) is 11.8 Å². The summed E-state index contributed by atoms with van der Waals surface area (Å²) in [6, 6.07) is 1.93. The molecule has 0 amide bonds. The van der Waals surface area contributed by atoms with Gasteiger partial charge in [0.2, 0.25) is 0 Å². The van der Waals surface area contributed by atoms with Gasteiger partial charge in [-0.05, 0) is 12.5 Å². The lowest BCUT2D eigenvalue weighted by atomic mass is 10.3. The highest BCUT2D eigenvalue weighted by molar-refractivity contribution is 7.18. The van der Waals surface area contributed by atoms with Crippen molar-refractivity contribution in [3.63, 3.8) is 0 Å². The molecule has 0 aliphatic rings. The van der Waals surface area contributed by atoms with E-state index in [9.17, 15) is 4.79 Å². The topological polar surface area (TPSA) is 34.9 Å². The van der Waals surface area contributed by atoms with Gasteiger partial charge < -0.3 is 0 Å². The Labute approximate surface area is 102 Å². The monoisotopic (exact) mass is 254 g/mol. The summed E-state index contributed by atoms with van der Waals surface area (Å²) in [4.78, 5) is 18.3. The second-order valence-corrected chi connectivity index (χ2v) is 4.72. The molecule has 3 nitrogen and oxygen atoms in total. The highest BCUT2D eigenvalue weighted by Gasteiger charge is 2.07. The van der Waals surface area contributed by atoms with Crippen LogP contribution in [0, 0.1) is 0 Å². The van der Waals surface area contributed by atoms with Crippen molar-refractivity contribution >= 4 is 33.2 Å². The fourth-order valence-corrected chi connectivity index (χ4v) is 2.47.